The Morgan fingerprint density at radius 1 is 1.20 bits per heavy atom. The van der Waals surface area contributed by atoms with E-state index >= 15 is 0 Å². The molecule has 0 aliphatic rings. The molecule has 2 aromatic carbocycles. The van der Waals surface area contributed by atoms with Gasteiger partial charge in [-0.1, -0.05) is 29.8 Å². The molecule has 7 nitrogen and oxygen atoms in total. The first-order valence-electron chi connectivity index (χ1n) is 7.19. The number of nitrogens with zero attached hydrogens (tertiary/aromatic N) is 2. The third-order valence-corrected chi connectivity index (χ3v) is 5.20. The lowest BCUT2D eigenvalue weighted by Crippen LogP contribution is -2.21. The number of hydrogen-bond donors (Lipinski definition) is 1. The second kappa shape index (κ2) is 7.20. The van der Waals surface area contributed by atoms with Crippen molar-refractivity contribution in [1.29, 1.82) is 0 Å². The molecular formula is C16H16ClN3O4S. The molecule has 0 aromatic heterocycles. The maximum absolute atomic E-state index is 12.4. The lowest BCUT2D eigenvalue weighted by Gasteiger charge is -2.09. The molecule has 0 atom stereocenters. The zero-order chi connectivity index (χ0) is 18.8. The van der Waals surface area contributed by atoms with E-state index in [2.05, 4.69) is 9.93 Å². The van der Waals surface area contributed by atoms with Crippen molar-refractivity contribution in [3.8, 4) is 0 Å². The van der Waals surface area contributed by atoms with Crippen LogP contribution in [0.3, 0.4) is 0 Å². The SMILES string of the molecule is C/C(=N\NS(=O)(=O)c1cc(C)ccc1C)c1ccc(Cl)c([N+](=O)[O-])c1. The first kappa shape index (κ1) is 18.9. The van der Waals surface area contributed by atoms with Crippen LogP contribution in [0.1, 0.15) is 23.6 Å². The fraction of sp³-hybridized carbons (Fsp3) is 0.188. The number of rotatable bonds is 5. The summed E-state index contributed by atoms with van der Waals surface area (Å²) in [6, 6.07) is 9.22. The predicted octanol–water partition coefficient (Wildman–Crippen LogP) is 3.57. The summed E-state index contributed by atoms with van der Waals surface area (Å²) >= 11 is 5.76. The second-order valence-corrected chi connectivity index (χ2v) is 7.52. The van der Waals surface area contributed by atoms with Gasteiger partial charge >= 0.3 is 0 Å². The largest absolute Gasteiger partial charge is 0.288 e. The van der Waals surface area contributed by atoms with Crippen LogP contribution >= 0.6 is 11.6 Å². The maximum Gasteiger partial charge on any atom is 0.288 e. The highest BCUT2D eigenvalue weighted by Crippen LogP contribution is 2.25. The molecular weight excluding hydrogens is 366 g/mol. The van der Waals surface area contributed by atoms with Gasteiger partial charge in [0.05, 0.1) is 15.5 Å². The average molecular weight is 382 g/mol. The first-order valence-corrected chi connectivity index (χ1v) is 9.05. The summed E-state index contributed by atoms with van der Waals surface area (Å²) < 4.78 is 24.8. The molecule has 2 aromatic rings. The number of aryl methyl sites for hydroxylation is 2. The van der Waals surface area contributed by atoms with Crippen molar-refractivity contribution in [3.63, 3.8) is 0 Å². The molecule has 0 saturated carbocycles. The van der Waals surface area contributed by atoms with Gasteiger partial charge in [-0.05, 0) is 44.0 Å². The van der Waals surface area contributed by atoms with E-state index in [1.54, 1.807) is 32.9 Å². The summed E-state index contributed by atoms with van der Waals surface area (Å²) in [7, 11) is -3.85. The molecule has 0 aliphatic heterocycles. The molecule has 25 heavy (non-hydrogen) atoms. The molecule has 132 valence electrons. The van der Waals surface area contributed by atoms with Gasteiger partial charge in [-0.3, -0.25) is 10.1 Å². The zero-order valence-corrected chi connectivity index (χ0v) is 15.4. The van der Waals surface area contributed by atoms with Crippen LogP contribution in [0.2, 0.25) is 5.02 Å². The summed E-state index contributed by atoms with van der Waals surface area (Å²) in [5.41, 5.74) is 1.78. The Morgan fingerprint density at radius 2 is 1.88 bits per heavy atom. The van der Waals surface area contributed by atoms with Gasteiger partial charge in [-0.25, -0.2) is 0 Å². The van der Waals surface area contributed by atoms with Gasteiger partial charge < -0.3 is 0 Å². The lowest BCUT2D eigenvalue weighted by molar-refractivity contribution is -0.384. The predicted molar refractivity (Wildman–Crippen MR) is 96.6 cm³/mol. The van der Waals surface area contributed by atoms with Crippen molar-refractivity contribution < 1.29 is 13.3 Å². The van der Waals surface area contributed by atoms with Crippen LogP contribution in [0.4, 0.5) is 5.69 Å². The highest BCUT2D eigenvalue weighted by atomic mass is 35.5. The molecule has 0 fully saturated rings. The smallest absolute Gasteiger partial charge is 0.258 e. The van der Waals surface area contributed by atoms with Gasteiger partial charge in [0.1, 0.15) is 5.02 Å². The lowest BCUT2D eigenvalue weighted by atomic mass is 10.1. The normalized spacial score (nSPS) is 12.1. The van der Waals surface area contributed by atoms with Crippen LogP contribution in [0.5, 0.6) is 0 Å². The summed E-state index contributed by atoms with van der Waals surface area (Å²) in [4.78, 5) is 12.6. The molecule has 0 heterocycles. The Balaban J connectivity index is 2.33. The fourth-order valence-electron chi connectivity index (χ4n) is 2.12. The standard InChI is InChI=1S/C16H16ClN3O4S/c1-10-4-5-11(2)16(8-10)25(23,24)19-18-12(3)13-6-7-14(17)15(9-13)20(21)22/h4-9,19H,1-3H3/b18-12+. The number of halogens is 1. The molecule has 0 spiro atoms. The summed E-state index contributed by atoms with van der Waals surface area (Å²) in [6.45, 7) is 5.02. The minimum atomic E-state index is -3.85. The van der Waals surface area contributed by atoms with Crippen molar-refractivity contribution >= 4 is 33.0 Å². The minimum Gasteiger partial charge on any atom is -0.258 e. The van der Waals surface area contributed by atoms with Crippen LogP contribution in [0.15, 0.2) is 46.4 Å². The van der Waals surface area contributed by atoms with E-state index in [0.29, 0.717) is 11.1 Å². The fourth-order valence-corrected chi connectivity index (χ4v) is 3.49. The third kappa shape index (κ3) is 4.34. The van der Waals surface area contributed by atoms with Gasteiger partial charge in [0, 0.05) is 11.6 Å². The number of benzene rings is 2. The Hall–Kier alpha value is -2.45. The van der Waals surface area contributed by atoms with Gasteiger partial charge in [-0.15, -0.1) is 0 Å². The number of hydrazone groups is 1. The molecule has 0 bridgehead atoms. The molecule has 0 unspecified atom stereocenters. The highest BCUT2D eigenvalue weighted by molar-refractivity contribution is 7.89. The average Bonchev–Trinajstić information content (AvgIpc) is 2.55. The summed E-state index contributed by atoms with van der Waals surface area (Å²) in [5.74, 6) is 0. The number of nitro groups is 1. The van der Waals surface area contributed by atoms with Crippen molar-refractivity contribution in [2.24, 2.45) is 5.10 Å². The monoisotopic (exact) mass is 381 g/mol. The van der Waals surface area contributed by atoms with E-state index in [0.717, 1.165) is 5.56 Å². The summed E-state index contributed by atoms with van der Waals surface area (Å²) in [5, 5.41) is 14.8. The highest BCUT2D eigenvalue weighted by Gasteiger charge is 2.17. The van der Waals surface area contributed by atoms with E-state index in [1.807, 2.05) is 6.07 Å². The first-order chi connectivity index (χ1) is 11.6. The van der Waals surface area contributed by atoms with Crippen molar-refractivity contribution in [2.75, 3.05) is 0 Å². The Kier molecular flexibility index (Phi) is 5.44. The number of hydrogen-bond acceptors (Lipinski definition) is 5. The Labute approximate surface area is 150 Å². The molecule has 0 aliphatic carbocycles. The molecule has 1 N–H and O–H groups in total. The van der Waals surface area contributed by atoms with Gasteiger partial charge in [0.2, 0.25) is 0 Å². The number of sulfonamides is 1. The molecule has 2 rings (SSSR count). The van der Waals surface area contributed by atoms with E-state index in [9.17, 15) is 18.5 Å². The van der Waals surface area contributed by atoms with Crippen LogP contribution in [-0.4, -0.2) is 19.1 Å². The van der Waals surface area contributed by atoms with Gasteiger partial charge in [-0.2, -0.15) is 18.4 Å². The second-order valence-electron chi connectivity index (χ2n) is 5.48. The van der Waals surface area contributed by atoms with E-state index in [1.165, 1.54) is 18.2 Å². The van der Waals surface area contributed by atoms with Crippen molar-refractivity contribution in [2.45, 2.75) is 25.7 Å². The minimum absolute atomic E-state index is 0.00230. The van der Waals surface area contributed by atoms with Crippen LogP contribution in [-0.2, 0) is 10.0 Å². The van der Waals surface area contributed by atoms with Crippen LogP contribution in [0, 0.1) is 24.0 Å². The topological polar surface area (TPSA) is 102 Å². The zero-order valence-electron chi connectivity index (χ0n) is 13.8. The number of nitrogens with one attached hydrogen (secondary N) is 1. The van der Waals surface area contributed by atoms with E-state index < -0.39 is 14.9 Å². The molecule has 0 amide bonds. The molecule has 9 heteroatoms. The van der Waals surface area contributed by atoms with E-state index in [4.69, 9.17) is 11.6 Å². The van der Waals surface area contributed by atoms with Crippen molar-refractivity contribution in [1.82, 2.24) is 4.83 Å². The Morgan fingerprint density at radius 3 is 2.52 bits per heavy atom. The van der Waals surface area contributed by atoms with E-state index in [-0.39, 0.29) is 21.3 Å². The number of nitro benzene ring substituents is 1. The van der Waals surface area contributed by atoms with Gasteiger partial charge in [0.15, 0.2) is 0 Å². The van der Waals surface area contributed by atoms with Crippen LogP contribution in [0.25, 0.3) is 0 Å². The van der Waals surface area contributed by atoms with Gasteiger partial charge in [0.25, 0.3) is 15.7 Å². The quantitative estimate of drug-likeness (QED) is 0.486. The van der Waals surface area contributed by atoms with Crippen LogP contribution < -0.4 is 4.83 Å². The van der Waals surface area contributed by atoms with Crippen molar-refractivity contribution in [3.05, 3.63) is 68.2 Å². The molecule has 0 radical (unpaired) electrons. The summed E-state index contributed by atoms with van der Waals surface area (Å²) in [6.07, 6.45) is 0. The third-order valence-electron chi connectivity index (χ3n) is 3.53. The molecule has 0 saturated heterocycles. The maximum atomic E-state index is 12.4. The Bertz CT molecular complexity index is 971.